The number of nitrogens with zero attached hydrogens (tertiary/aromatic N) is 2. The summed E-state index contributed by atoms with van der Waals surface area (Å²) < 4.78 is 2.11. The molecule has 2 heterocycles. The fourth-order valence-electron chi connectivity index (χ4n) is 2.63. The van der Waals surface area contributed by atoms with E-state index < -0.39 is 5.91 Å². The van der Waals surface area contributed by atoms with Crippen LogP contribution in [0.3, 0.4) is 0 Å². The molecule has 0 radical (unpaired) electrons. The lowest BCUT2D eigenvalue weighted by molar-refractivity contribution is -0.124. The van der Waals surface area contributed by atoms with Gasteiger partial charge in [-0.1, -0.05) is 13.8 Å². The van der Waals surface area contributed by atoms with Gasteiger partial charge in [0.25, 0.3) is 5.91 Å². The summed E-state index contributed by atoms with van der Waals surface area (Å²) >= 11 is 0. The Labute approximate surface area is 155 Å². The molecular formula is C20H30N4O2. The first-order chi connectivity index (χ1) is 12.2. The Morgan fingerprint density at radius 3 is 2.73 bits per heavy atom. The SMILES string of the molecule is CC(C)CCc1nc2cc(/C=C/C(=O)NO)ccn2c1CNC(C)(C)C. The maximum atomic E-state index is 11.2. The summed E-state index contributed by atoms with van der Waals surface area (Å²) in [5.74, 6) is 0.0691. The number of pyridine rings is 1. The molecule has 6 nitrogen and oxygen atoms in total. The van der Waals surface area contributed by atoms with Crippen LogP contribution in [0.4, 0.5) is 0 Å². The molecule has 0 aliphatic rings. The zero-order valence-corrected chi connectivity index (χ0v) is 16.3. The number of hydrogen-bond donors (Lipinski definition) is 3. The average molecular weight is 358 g/mol. The lowest BCUT2D eigenvalue weighted by Crippen LogP contribution is -2.35. The molecule has 0 fully saturated rings. The lowest BCUT2D eigenvalue weighted by atomic mass is 10.0. The lowest BCUT2D eigenvalue weighted by Gasteiger charge is -2.21. The van der Waals surface area contributed by atoms with Crippen LogP contribution in [0, 0.1) is 5.92 Å². The number of fused-ring (bicyclic) bond motifs is 1. The predicted octanol–water partition coefficient (Wildman–Crippen LogP) is 3.33. The molecule has 2 aromatic heterocycles. The van der Waals surface area contributed by atoms with Crippen molar-refractivity contribution in [2.75, 3.05) is 0 Å². The molecule has 0 saturated carbocycles. The molecular weight excluding hydrogens is 328 g/mol. The Morgan fingerprint density at radius 2 is 2.12 bits per heavy atom. The molecule has 0 bridgehead atoms. The van der Waals surface area contributed by atoms with E-state index in [0.29, 0.717) is 5.92 Å². The number of nitrogens with one attached hydrogen (secondary N) is 2. The largest absolute Gasteiger partial charge is 0.306 e. The van der Waals surface area contributed by atoms with Crippen LogP contribution >= 0.6 is 0 Å². The Hall–Kier alpha value is -2.18. The van der Waals surface area contributed by atoms with Crippen LogP contribution in [-0.2, 0) is 17.8 Å². The van der Waals surface area contributed by atoms with Gasteiger partial charge in [-0.3, -0.25) is 10.0 Å². The van der Waals surface area contributed by atoms with Crippen LogP contribution in [0.5, 0.6) is 0 Å². The standard InChI is InChI=1S/C20H30N4O2/c1-14(2)6-8-16-17(13-21-20(3,4)5)24-11-10-15(12-18(24)22-16)7-9-19(25)23-26/h7,9-12,14,21,26H,6,8,13H2,1-5H3,(H,23,25)/b9-7+. The average Bonchev–Trinajstić information content (AvgIpc) is 2.92. The highest BCUT2D eigenvalue weighted by Crippen LogP contribution is 2.19. The predicted molar refractivity (Wildman–Crippen MR) is 104 cm³/mol. The molecule has 2 rings (SSSR count). The van der Waals surface area contributed by atoms with Crippen molar-refractivity contribution in [1.82, 2.24) is 20.2 Å². The highest BCUT2D eigenvalue weighted by Gasteiger charge is 2.16. The molecule has 26 heavy (non-hydrogen) atoms. The Morgan fingerprint density at radius 1 is 1.38 bits per heavy atom. The maximum Gasteiger partial charge on any atom is 0.267 e. The van der Waals surface area contributed by atoms with Gasteiger partial charge >= 0.3 is 0 Å². The molecule has 6 heteroatoms. The topological polar surface area (TPSA) is 78.7 Å². The summed E-state index contributed by atoms with van der Waals surface area (Å²) in [6, 6.07) is 3.88. The van der Waals surface area contributed by atoms with Crippen molar-refractivity contribution < 1.29 is 10.0 Å². The Balaban J connectivity index is 2.36. The zero-order valence-electron chi connectivity index (χ0n) is 16.3. The van der Waals surface area contributed by atoms with Gasteiger partial charge in [0, 0.05) is 24.4 Å². The molecule has 2 aromatic rings. The van der Waals surface area contributed by atoms with E-state index in [4.69, 9.17) is 10.2 Å². The molecule has 0 aliphatic carbocycles. The van der Waals surface area contributed by atoms with E-state index in [1.165, 1.54) is 11.8 Å². The van der Waals surface area contributed by atoms with Crippen molar-refractivity contribution in [3.05, 3.63) is 41.4 Å². The Bertz CT molecular complexity index is 785. The van der Waals surface area contributed by atoms with Gasteiger partial charge in [-0.15, -0.1) is 0 Å². The molecule has 0 atom stereocenters. The molecule has 1 amide bonds. The third-order valence-corrected chi connectivity index (χ3v) is 4.11. The van der Waals surface area contributed by atoms with Gasteiger partial charge in [-0.2, -0.15) is 0 Å². The second-order valence-corrected chi connectivity index (χ2v) is 8.04. The second-order valence-electron chi connectivity index (χ2n) is 8.04. The van der Waals surface area contributed by atoms with Gasteiger partial charge in [-0.25, -0.2) is 10.5 Å². The van der Waals surface area contributed by atoms with Crippen molar-refractivity contribution >= 4 is 17.6 Å². The third-order valence-electron chi connectivity index (χ3n) is 4.11. The van der Waals surface area contributed by atoms with Crippen LogP contribution in [0.2, 0.25) is 0 Å². The number of carbonyl (C=O) groups excluding carboxylic acids is 1. The maximum absolute atomic E-state index is 11.2. The smallest absolute Gasteiger partial charge is 0.267 e. The van der Waals surface area contributed by atoms with E-state index in [-0.39, 0.29) is 5.54 Å². The van der Waals surface area contributed by atoms with E-state index >= 15 is 0 Å². The van der Waals surface area contributed by atoms with Crippen molar-refractivity contribution in [1.29, 1.82) is 0 Å². The molecule has 0 unspecified atom stereocenters. The summed E-state index contributed by atoms with van der Waals surface area (Å²) in [6.45, 7) is 11.6. The number of hydroxylamine groups is 1. The quantitative estimate of drug-likeness (QED) is 0.403. The number of aryl methyl sites for hydroxylation is 1. The minimum absolute atomic E-state index is 0.0276. The summed E-state index contributed by atoms with van der Waals surface area (Å²) in [5, 5.41) is 12.1. The van der Waals surface area contributed by atoms with Gasteiger partial charge in [-0.05, 0) is 63.3 Å². The molecule has 0 spiro atoms. The van der Waals surface area contributed by atoms with Gasteiger partial charge in [0.15, 0.2) is 0 Å². The summed E-state index contributed by atoms with van der Waals surface area (Å²) in [4.78, 5) is 16.0. The molecule has 3 N–H and O–H groups in total. The van der Waals surface area contributed by atoms with E-state index in [9.17, 15) is 4.79 Å². The van der Waals surface area contributed by atoms with E-state index in [1.807, 2.05) is 18.3 Å². The molecule has 142 valence electrons. The van der Waals surface area contributed by atoms with Crippen molar-refractivity contribution in [2.24, 2.45) is 5.92 Å². The Kier molecular flexibility index (Phi) is 6.56. The summed E-state index contributed by atoms with van der Waals surface area (Å²) in [6.07, 6.45) is 6.96. The van der Waals surface area contributed by atoms with E-state index in [2.05, 4.69) is 44.3 Å². The first kappa shape index (κ1) is 20.1. The van der Waals surface area contributed by atoms with Crippen LogP contribution < -0.4 is 10.8 Å². The van der Waals surface area contributed by atoms with Crippen molar-refractivity contribution in [2.45, 2.75) is 59.5 Å². The fourth-order valence-corrected chi connectivity index (χ4v) is 2.63. The van der Waals surface area contributed by atoms with Crippen LogP contribution in [0.1, 0.15) is 58.0 Å². The summed E-state index contributed by atoms with van der Waals surface area (Å²) in [5.41, 5.74) is 5.63. The number of amides is 1. The molecule has 0 aromatic carbocycles. The molecule has 0 saturated heterocycles. The highest BCUT2D eigenvalue weighted by atomic mass is 16.5. The van der Waals surface area contributed by atoms with E-state index in [1.54, 1.807) is 11.6 Å². The third kappa shape index (κ3) is 5.68. The number of imidazole rings is 1. The normalized spacial score (nSPS) is 12.4. The first-order valence-electron chi connectivity index (χ1n) is 9.06. The fraction of sp³-hybridized carbons (Fsp3) is 0.500. The van der Waals surface area contributed by atoms with Crippen molar-refractivity contribution in [3.8, 4) is 0 Å². The zero-order chi connectivity index (χ0) is 19.3. The molecule has 0 aliphatic heterocycles. The number of rotatable bonds is 7. The minimum atomic E-state index is -0.555. The summed E-state index contributed by atoms with van der Waals surface area (Å²) in [7, 11) is 0. The van der Waals surface area contributed by atoms with Crippen LogP contribution in [0.25, 0.3) is 11.7 Å². The highest BCUT2D eigenvalue weighted by molar-refractivity contribution is 5.90. The monoisotopic (exact) mass is 358 g/mol. The van der Waals surface area contributed by atoms with Gasteiger partial charge in [0.05, 0.1) is 11.4 Å². The van der Waals surface area contributed by atoms with Gasteiger partial charge in [0.1, 0.15) is 5.65 Å². The van der Waals surface area contributed by atoms with Gasteiger partial charge in [0.2, 0.25) is 0 Å². The first-order valence-corrected chi connectivity index (χ1v) is 9.06. The van der Waals surface area contributed by atoms with Gasteiger partial charge < -0.3 is 9.72 Å². The minimum Gasteiger partial charge on any atom is -0.306 e. The van der Waals surface area contributed by atoms with Crippen LogP contribution in [0.15, 0.2) is 24.4 Å². The van der Waals surface area contributed by atoms with Crippen LogP contribution in [-0.4, -0.2) is 26.0 Å². The van der Waals surface area contributed by atoms with E-state index in [0.717, 1.165) is 36.3 Å². The second kappa shape index (κ2) is 8.47. The van der Waals surface area contributed by atoms with Crippen molar-refractivity contribution in [3.63, 3.8) is 0 Å². The number of carbonyl (C=O) groups is 1. The number of aromatic nitrogens is 2. The number of hydrogen-bond acceptors (Lipinski definition) is 4.